The minimum Gasteiger partial charge on any atom is -0.356 e. The average Bonchev–Trinajstić information content (AvgIpc) is 2.24. The van der Waals surface area contributed by atoms with E-state index in [0.717, 1.165) is 6.42 Å². The number of hydrogen-bond donors (Lipinski definition) is 2. The van der Waals surface area contributed by atoms with Crippen molar-refractivity contribution in [3.63, 3.8) is 0 Å². The molecule has 0 aliphatic carbocycles. The Morgan fingerprint density at radius 3 is 2.69 bits per heavy atom. The first-order valence-corrected chi connectivity index (χ1v) is 6.20. The highest BCUT2D eigenvalue weighted by atomic mass is 32.1. The van der Waals surface area contributed by atoms with Crippen LogP contribution in [-0.2, 0) is 11.2 Å². The second-order valence-corrected chi connectivity index (χ2v) is 4.44. The first-order chi connectivity index (χ1) is 7.63. The van der Waals surface area contributed by atoms with E-state index in [2.05, 4.69) is 50.0 Å². The molecule has 88 valence electrons. The Bertz CT molecular complexity index is 363. The molecule has 2 nitrogen and oxygen atoms in total. The zero-order valence-corrected chi connectivity index (χ0v) is 10.8. The van der Waals surface area contributed by atoms with E-state index < -0.39 is 0 Å². The van der Waals surface area contributed by atoms with E-state index in [1.54, 1.807) is 0 Å². The third kappa shape index (κ3) is 4.27. The highest BCUT2D eigenvalue weighted by Crippen LogP contribution is 2.09. The number of nitrogens with one attached hydrogen (secondary N) is 1. The van der Waals surface area contributed by atoms with Gasteiger partial charge < -0.3 is 5.32 Å². The van der Waals surface area contributed by atoms with Gasteiger partial charge in [0.25, 0.3) is 0 Å². The minimum absolute atomic E-state index is 0.0823. The third-order valence-corrected chi connectivity index (χ3v) is 2.87. The maximum atomic E-state index is 11.2. The molecule has 0 heterocycles. The van der Waals surface area contributed by atoms with Gasteiger partial charge in [-0.2, -0.15) is 12.6 Å². The molecule has 0 atom stereocenters. The van der Waals surface area contributed by atoms with E-state index in [-0.39, 0.29) is 5.91 Å². The Morgan fingerprint density at radius 2 is 2.06 bits per heavy atom. The second-order valence-electron chi connectivity index (χ2n) is 3.99. The molecule has 1 aromatic rings. The molecule has 0 aromatic heterocycles. The van der Waals surface area contributed by atoms with Gasteiger partial charge in [0.2, 0.25) is 5.91 Å². The zero-order chi connectivity index (χ0) is 12.0. The molecule has 0 saturated heterocycles. The third-order valence-electron chi connectivity index (χ3n) is 2.65. The Balaban J connectivity index is 2.37. The molecule has 1 aromatic carbocycles. The van der Waals surface area contributed by atoms with Crippen molar-refractivity contribution in [2.75, 3.05) is 12.3 Å². The molecule has 3 heteroatoms. The van der Waals surface area contributed by atoms with Crippen LogP contribution in [0, 0.1) is 13.8 Å². The Morgan fingerprint density at radius 1 is 1.31 bits per heavy atom. The maximum absolute atomic E-state index is 11.2. The lowest BCUT2D eigenvalue weighted by Crippen LogP contribution is -2.25. The number of hydrogen-bond acceptors (Lipinski definition) is 2. The van der Waals surface area contributed by atoms with Crippen molar-refractivity contribution in [2.45, 2.75) is 26.7 Å². The molecule has 0 spiro atoms. The molecule has 16 heavy (non-hydrogen) atoms. The van der Waals surface area contributed by atoms with Crippen molar-refractivity contribution in [1.29, 1.82) is 0 Å². The summed E-state index contributed by atoms with van der Waals surface area (Å²) in [6, 6.07) is 6.42. The van der Waals surface area contributed by atoms with Gasteiger partial charge in [-0.3, -0.25) is 4.79 Å². The van der Waals surface area contributed by atoms with Crippen LogP contribution in [0.25, 0.3) is 0 Å². The van der Waals surface area contributed by atoms with E-state index in [0.29, 0.717) is 18.7 Å². The first-order valence-electron chi connectivity index (χ1n) is 5.57. The van der Waals surface area contributed by atoms with Crippen LogP contribution in [-0.4, -0.2) is 18.2 Å². The number of carbonyl (C=O) groups excluding carboxylic acids is 1. The quantitative estimate of drug-likeness (QED) is 0.756. The average molecular weight is 237 g/mol. The van der Waals surface area contributed by atoms with E-state index in [9.17, 15) is 4.79 Å². The summed E-state index contributed by atoms with van der Waals surface area (Å²) in [6.07, 6.45) is 1.38. The van der Waals surface area contributed by atoms with E-state index >= 15 is 0 Å². The van der Waals surface area contributed by atoms with Gasteiger partial charge in [0.05, 0.1) is 0 Å². The molecule has 0 bridgehead atoms. The fourth-order valence-electron chi connectivity index (χ4n) is 1.50. The lowest BCUT2D eigenvalue weighted by molar-refractivity contribution is -0.120. The van der Waals surface area contributed by atoms with E-state index in [1.807, 2.05) is 0 Å². The highest BCUT2D eigenvalue weighted by molar-refractivity contribution is 7.80. The van der Waals surface area contributed by atoms with Crippen LogP contribution in [0.15, 0.2) is 18.2 Å². The van der Waals surface area contributed by atoms with Gasteiger partial charge in [-0.05, 0) is 42.7 Å². The molecule has 0 aliphatic rings. The lowest BCUT2D eigenvalue weighted by atomic mass is 10.0. The molecule has 0 fully saturated rings. The largest absolute Gasteiger partial charge is 0.356 e. The number of rotatable bonds is 5. The van der Waals surface area contributed by atoms with E-state index in [4.69, 9.17) is 0 Å². The van der Waals surface area contributed by atoms with Crippen molar-refractivity contribution in [3.05, 3.63) is 34.9 Å². The molecule has 0 aliphatic heterocycles. The summed E-state index contributed by atoms with van der Waals surface area (Å²) >= 11 is 4.02. The molecule has 1 rings (SSSR count). The topological polar surface area (TPSA) is 29.1 Å². The van der Waals surface area contributed by atoms with Gasteiger partial charge in [0.1, 0.15) is 0 Å². The molecule has 0 unspecified atom stereocenters. The summed E-state index contributed by atoms with van der Waals surface area (Å²) in [5.41, 5.74) is 3.89. The van der Waals surface area contributed by atoms with Crippen LogP contribution in [0.2, 0.25) is 0 Å². The number of amides is 1. The van der Waals surface area contributed by atoms with Crippen molar-refractivity contribution >= 4 is 18.5 Å². The van der Waals surface area contributed by atoms with Gasteiger partial charge in [-0.25, -0.2) is 0 Å². The van der Waals surface area contributed by atoms with Crippen molar-refractivity contribution in [1.82, 2.24) is 5.32 Å². The summed E-state index contributed by atoms with van der Waals surface area (Å²) in [5.74, 6) is 0.689. The van der Waals surface area contributed by atoms with Gasteiger partial charge in [0.15, 0.2) is 0 Å². The van der Waals surface area contributed by atoms with Crippen molar-refractivity contribution in [2.24, 2.45) is 0 Å². The van der Waals surface area contributed by atoms with Gasteiger partial charge in [-0.15, -0.1) is 0 Å². The molecule has 0 saturated carbocycles. The number of aryl methyl sites for hydroxylation is 2. The van der Waals surface area contributed by atoms with Crippen LogP contribution < -0.4 is 5.32 Å². The SMILES string of the molecule is Cc1ccc(CCNC(=O)CCS)cc1C. The van der Waals surface area contributed by atoms with Crippen molar-refractivity contribution in [3.8, 4) is 0 Å². The lowest BCUT2D eigenvalue weighted by Gasteiger charge is -2.06. The predicted octanol–water partition coefficient (Wildman–Crippen LogP) is 2.28. The second kappa shape index (κ2) is 6.59. The smallest absolute Gasteiger partial charge is 0.220 e. The highest BCUT2D eigenvalue weighted by Gasteiger charge is 2.00. The molecular formula is C13H19NOS. The summed E-state index contributed by atoms with van der Waals surface area (Å²) in [5, 5.41) is 2.88. The zero-order valence-electron chi connectivity index (χ0n) is 9.92. The fraction of sp³-hybridized carbons (Fsp3) is 0.462. The Hall–Kier alpha value is -0.960. The Labute approximate surface area is 103 Å². The summed E-state index contributed by atoms with van der Waals surface area (Å²) < 4.78 is 0. The van der Waals surface area contributed by atoms with Crippen LogP contribution in [0.4, 0.5) is 0 Å². The van der Waals surface area contributed by atoms with Crippen LogP contribution in [0.1, 0.15) is 23.1 Å². The standard InChI is InChI=1S/C13H19NOS/c1-10-3-4-12(9-11(10)2)5-7-14-13(15)6-8-16/h3-4,9,16H,5-8H2,1-2H3,(H,14,15). The summed E-state index contributed by atoms with van der Waals surface area (Å²) in [7, 11) is 0. The summed E-state index contributed by atoms with van der Waals surface area (Å²) in [4.78, 5) is 11.2. The normalized spacial score (nSPS) is 10.2. The van der Waals surface area contributed by atoms with Gasteiger partial charge >= 0.3 is 0 Å². The van der Waals surface area contributed by atoms with Gasteiger partial charge in [0, 0.05) is 13.0 Å². The van der Waals surface area contributed by atoms with Crippen LogP contribution >= 0.6 is 12.6 Å². The number of carbonyl (C=O) groups is 1. The Kier molecular flexibility index (Phi) is 5.39. The molecular weight excluding hydrogens is 218 g/mol. The van der Waals surface area contributed by atoms with Crippen LogP contribution in [0.3, 0.4) is 0 Å². The predicted molar refractivity (Wildman–Crippen MR) is 71.1 cm³/mol. The van der Waals surface area contributed by atoms with Gasteiger partial charge in [-0.1, -0.05) is 18.2 Å². The molecule has 0 radical (unpaired) electrons. The number of thiol groups is 1. The molecule has 1 N–H and O–H groups in total. The van der Waals surface area contributed by atoms with Crippen molar-refractivity contribution < 1.29 is 4.79 Å². The molecule has 1 amide bonds. The fourth-order valence-corrected chi connectivity index (χ4v) is 1.70. The number of benzene rings is 1. The van der Waals surface area contributed by atoms with Crippen LogP contribution in [0.5, 0.6) is 0 Å². The maximum Gasteiger partial charge on any atom is 0.220 e. The first kappa shape index (κ1) is 13.1. The van der Waals surface area contributed by atoms with E-state index in [1.165, 1.54) is 16.7 Å². The summed E-state index contributed by atoms with van der Waals surface area (Å²) in [6.45, 7) is 4.92. The monoisotopic (exact) mass is 237 g/mol. The minimum atomic E-state index is 0.0823.